The lowest BCUT2D eigenvalue weighted by Gasteiger charge is -2.18. The Bertz CT molecular complexity index is 1150. The van der Waals surface area contributed by atoms with E-state index in [0.717, 1.165) is 96.3 Å². The van der Waals surface area contributed by atoms with Crippen LogP contribution in [0.25, 0.3) is 0 Å². The van der Waals surface area contributed by atoms with Gasteiger partial charge in [-0.1, -0.05) is 163 Å². The largest absolute Gasteiger partial charge is 0.462 e. The molecule has 0 aliphatic heterocycles. The zero-order valence-electron chi connectivity index (χ0n) is 35.1. The van der Waals surface area contributed by atoms with Gasteiger partial charge in [0.1, 0.15) is 13.2 Å². The summed E-state index contributed by atoms with van der Waals surface area (Å²) in [5.41, 5.74) is 0. The second-order valence-corrected chi connectivity index (χ2v) is 13.9. The summed E-state index contributed by atoms with van der Waals surface area (Å²) in [7, 11) is 0. The first-order valence-electron chi connectivity index (χ1n) is 21.8. The molecule has 0 radical (unpaired) electrons. The molecule has 6 nitrogen and oxygen atoms in total. The molecule has 0 saturated carbocycles. The summed E-state index contributed by atoms with van der Waals surface area (Å²) < 4.78 is 16.5. The molecular formula is C49H78O6. The molecule has 55 heavy (non-hydrogen) atoms. The lowest BCUT2D eigenvalue weighted by Crippen LogP contribution is -2.30. The predicted octanol–water partition coefficient (Wildman–Crippen LogP) is 13.9. The minimum atomic E-state index is -0.823. The van der Waals surface area contributed by atoms with Gasteiger partial charge in [0.25, 0.3) is 0 Å². The fourth-order valence-electron chi connectivity index (χ4n) is 5.27. The highest BCUT2D eigenvalue weighted by Gasteiger charge is 2.19. The third-order valence-corrected chi connectivity index (χ3v) is 8.58. The summed E-state index contributed by atoms with van der Waals surface area (Å²) in [6, 6.07) is 0. The average Bonchev–Trinajstić information content (AvgIpc) is 3.18. The lowest BCUT2D eigenvalue weighted by molar-refractivity contribution is -0.166. The van der Waals surface area contributed by atoms with E-state index in [-0.39, 0.29) is 44.0 Å². The van der Waals surface area contributed by atoms with E-state index in [0.29, 0.717) is 19.3 Å². The van der Waals surface area contributed by atoms with Crippen LogP contribution in [0.4, 0.5) is 0 Å². The molecule has 0 rings (SSSR count). The maximum atomic E-state index is 12.7. The highest BCUT2D eigenvalue weighted by molar-refractivity contribution is 5.71. The molecule has 0 heterocycles. The summed E-state index contributed by atoms with van der Waals surface area (Å²) >= 11 is 0. The van der Waals surface area contributed by atoms with Crippen LogP contribution in [-0.2, 0) is 28.6 Å². The second-order valence-electron chi connectivity index (χ2n) is 13.9. The molecule has 1 atom stereocenters. The highest BCUT2D eigenvalue weighted by atomic mass is 16.6. The number of esters is 3. The Morgan fingerprint density at radius 1 is 0.400 bits per heavy atom. The highest BCUT2D eigenvalue weighted by Crippen LogP contribution is 2.10. The summed E-state index contributed by atoms with van der Waals surface area (Å²) in [5.74, 6) is -1.06. The first-order valence-corrected chi connectivity index (χ1v) is 21.8. The Morgan fingerprint density at radius 3 is 1.35 bits per heavy atom. The fourth-order valence-corrected chi connectivity index (χ4v) is 5.27. The molecule has 0 saturated heterocycles. The van der Waals surface area contributed by atoms with Gasteiger partial charge >= 0.3 is 17.9 Å². The van der Waals surface area contributed by atoms with Crippen molar-refractivity contribution in [2.45, 2.75) is 181 Å². The Hall–Kier alpha value is -3.67. The minimum Gasteiger partial charge on any atom is -0.462 e. The van der Waals surface area contributed by atoms with Crippen LogP contribution in [0.5, 0.6) is 0 Å². The molecule has 0 aromatic heterocycles. The zero-order chi connectivity index (χ0) is 40.1. The van der Waals surface area contributed by atoms with E-state index in [1.165, 1.54) is 25.7 Å². The maximum Gasteiger partial charge on any atom is 0.306 e. The number of hydrogen-bond acceptors (Lipinski definition) is 6. The smallest absolute Gasteiger partial charge is 0.306 e. The third kappa shape index (κ3) is 41.3. The molecular weight excluding hydrogens is 685 g/mol. The molecule has 0 aliphatic rings. The van der Waals surface area contributed by atoms with Crippen LogP contribution in [0.2, 0.25) is 0 Å². The van der Waals surface area contributed by atoms with Gasteiger partial charge in [-0.05, 0) is 89.9 Å². The minimum absolute atomic E-state index is 0.119. The van der Waals surface area contributed by atoms with Gasteiger partial charge in [-0.15, -0.1) is 0 Å². The molecule has 6 heteroatoms. The van der Waals surface area contributed by atoms with Crippen LogP contribution in [0.1, 0.15) is 175 Å². The molecule has 0 spiro atoms. The Morgan fingerprint density at radius 2 is 0.800 bits per heavy atom. The van der Waals surface area contributed by atoms with Crippen molar-refractivity contribution in [1.82, 2.24) is 0 Å². The van der Waals surface area contributed by atoms with E-state index in [9.17, 15) is 14.4 Å². The maximum absolute atomic E-state index is 12.7. The van der Waals surface area contributed by atoms with Crippen LogP contribution in [0.3, 0.4) is 0 Å². The van der Waals surface area contributed by atoms with Gasteiger partial charge in [-0.25, -0.2) is 0 Å². The van der Waals surface area contributed by atoms with Crippen molar-refractivity contribution in [3.63, 3.8) is 0 Å². The topological polar surface area (TPSA) is 78.9 Å². The van der Waals surface area contributed by atoms with E-state index in [4.69, 9.17) is 14.2 Å². The number of ether oxygens (including phenoxy) is 3. The molecule has 1 unspecified atom stereocenters. The predicted molar refractivity (Wildman–Crippen MR) is 233 cm³/mol. The molecule has 0 bridgehead atoms. The van der Waals surface area contributed by atoms with Gasteiger partial charge in [0, 0.05) is 19.3 Å². The number of carbonyl (C=O) groups is 3. The van der Waals surface area contributed by atoms with E-state index >= 15 is 0 Å². The van der Waals surface area contributed by atoms with Crippen molar-refractivity contribution in [2.75, 3.05) is 13.2 Å². The van der Waals surface area contributed by atoms with E-state index < -0.39 is 6.10 Å². The first kappa shape index (κ1) is 51.3. The number of unbranched alkanes of at least 4 members (excludes halogenated alkanes) is 11. The van der Waals surface area contributed by atoms with Gasteiger partial charge in [0.15, 0.2) is 6.10 Å². The lowest BCUT2D eigenvalue weighted by atomic mass is 10.1. The van der Waals surface area contributed by atoms with E-state index in [1.807, 2.05) is 12.2 Å². The first-order chi connectivity index (χ1) is 27.0. The van der Waals surface area contributed by atoms with E-state index in [2.05, 4.69) is 106 Å². The molecule has 0 fully saturated rings. The van der Waals surface area contributed by atoms with Gasteiger partial charge in [-0.2, -0.15) is 0 Å². The van der Waals surface area contributed by atoms with Crippen molar-refractivity contribution in [1.29, 1.82) is 0 Å². The monoisotopic (exact) mass is 763 g/mol. The van der Waals surface area contributed by atoms with Crippen molar-refractivity contribution < 1.29 is 28.6 Å². The van der Waals surface area contributed by atoms with Gasteiger partial charge < -0.3 is 14.2 Å². The molecule has 310 valence electrons. The zero-order valence-corrected chi connectivity index (χ0v) is 35.1. The van der Waals surface area contributed by atoms with Crippen molar-refractivity contribution in [2.24, 2.45) is 0 Å². The van der Waals surface area contributed by atoms with Crippen molar-refractivity contribution >= 4 is 17.9 Å². The van der Waals surface area contributed by atoms with Crippen LogP contribution < -0.4 is 0 Å². The Kier molecular flexibility index (Phi) is 40.2. The molecule has 0 aromatic carbocycles. The summed E-state index contributed by atoms with van der Waals surface area (Å²) in [6.45, 7) is 6.28. The summed E-state index contributed by atoms with van der Waals surface area (Å²) in [5, 5.41) is 0. The third-order valence-electron chi connectivity index (χ3n) is 8.58. The van der Waals surface area contributed by atoms with Crippen LogP contribution in [0, 0.1) is 0 Å². The Balaban J connectivity index is 4.55. The van der Waals surface area contributed by atoms with Crippen LogP contribution in [0.15, 0.2) is 97.2 Å². The number of allylic oxidation sites excluding steroid dienone is 16. The van der Waals surface area contributed by atoms with Gasteiger partial charge in [-0.3, -0.25) is 14.4 Å². The van der Waals surface area contributed by atoms with Gasteiger partial charge in [0.05, 0.1) is 0 Å². The summed E-state index contributed by atoms with van der Waals surface area (Å²) in [6.07, 6.45) is 55.5. The second kappa shape index (κ2) is 43.1. The van der Waals surface area contributed by atoms with Crippen LogP contribution in [-0.4, -0.2) is 37.2 Å². The fraction of sp³-hybridized carbons (Fsp3) is 0.612. The molecule has 0 aliphatic carbocycles. The standard InChI is InChI=1S/C49H78O6/c1-4-7-10-13-16-19-22-23-24-25-26-28-30-33-36-39-42-48(51)54-45-46(44-53-47(50)41-38-35-32-29-21-18-15-12-9-6-3)55-49(52)43-40-37-34-31-27-20-17-14-11-8-5-2/h7,10,14-20,23-24,26-28,33,36,46H,4-6,8-9,11-13,21-22,25,29-32,34-35,37-45H2,1-3H3/b10-7-,17-14-,18-15-,19-16-,24-23-,27-20-,28-26-,36-33-. The van der Waals surface area contributed by atoms with Crippen molar-refractivity contribution in [3.8, 4) is 0 Å². The molecule has 0 N–H and O–H groups in total. The normalized spacial score (nSPS) is 13.0. The summed E-state index contributed by atoms with van der Waals surface area (Å²) in [4.78, 5) is 37.6. The number of rotatable bonds is 37. The molecule has 0 amide bonds. The number of carbonyl (C=O) groups excluding carboxylic acids is 3. The average molecular weight is 763 g/mol. The Labute approximate surface area is 337 Å². The van der Waals surface area contributed by atoms with Crippen LogP contribution >= 0.6 is 0 Å². The quantitative estimate of drug-likeness (QED) is 0.0206. The van der Waals surface area contributed by atoms with Crippen molar-refractivity contribution in [3.05, 3.63) is 97.2 Å². The van der Waals surface area contributed by atoms with Gasteiger partial charge in [0.2, 0.25) is 0 Å². The SMILES string of the molecule is CC/C=C\C/C=C\C/C=C\C/C=C\C/C=C\CCC(=O)OCC(COC(=O)CCCCCC/C=C\CCCC)OC(=O)CCCCC/C=C\C=C/CCCC. The van der Waals surface area contributed by atoms with E-state index in [1.54, 1.807) is 0 Å². The molecule has 0 aromatic rings. The number of hydrogen-bond donors (Lipinski definition) is 0.